The van der Waals surface area contributed by atoms with E-state index < -0.39 is 5.97 Å². The zero-order valence-electron chi connectivity index (χ0n) is 13.8. The molecule has 0 aliphatic rings. The molecule has 26 heavy (non-hydrogen) atoms. The summed E-state index contributed by atoms with van der Waals surface area (Å²) in [5.41, 5.74) is 1.45. The Labute approximate surface area is 159 Å². The number of carbonyl (C=O) groups is 1. The van der Waals surface area contributed by atoms with E-state index in [2.05, 4.69) is 0 Å². The Kier molecular flexibility index (Phi) is 5.20. The fraction of sp³-hybridized carbons (Fsp3) is 0.158. The molecule has 0 bridgehead atoms. The maximum atomic E-state index is 12.9. The van der Waals surface area contributed by atoms with Crippen molar-refractivity contribution in [2.45, 2.75) is 13.0 Å². The van der Waals surface area contributed by atoms with Gasteiger partial charge in [0, 0.05) is 23.6 Å². The van der Waals surface area contributed by atoms with Crippen LogP contribution in [0.1, 0.15) is 11.1 Å². The Bertz CT molecular complexity index is 1060. The van der Waals surface area contributed by atoms with Crippen molar-refractivity contribution in [1.82, 2.24) is 4.57 Å². The van der Waals surface area contributed by atoms with Gasteiger partial charge >= 0.3 is 5.97 Å². The van der Waals surface area contributed by atoms with E-state index in [1.54, 1.807) is 42.6 Å². The maximum Gasteiger partial charge on any atom is 0.323 e. The third kappa shape index (κ3) is 3.54. The average molecular weight is 392 g/mol. The zero-order valence-corrected chi connectivity index (χ0v) is 15.3. The summed E-state index contributed by atoms with van der Waals surface area (Å²) in [7, 11) is 1.51. The monoisotopic (exact) mass is 391 g/mol. The van der Waals surface area contributed by atoms with Gasteiger partial charge in [-0.3, -0.25) is 9.59 Å². The second kappa shape index (κ2) is 7.40. The molecule has 1 heterocycles. The summed E-state index contributed by atoms with van der Waals surface area (Å²) in [5.74, 6) is -0.480. The number of methoxy groups -OCH3 is 1. The molecule has 0 saturated heterocycles. The van der Waals surface area contributed by atoms with Gasteiger partial charge in [-0.25, -0.2) is 0 Å². The summed E-state index contributed by atoms with van der Waals surface area (Å²) in [4.78, 5) is 24.2. The number of carboxylic acids is 1. The normalized spacial score (nSPS) is 10.9. The molecule has 0 amide bonds. The van der Waals surface area contributed by atoms with Crippen LogP contribution in [0, 0.1) is 0 Å². The molecule has 0 saturated carbocycles. The third-order valence-corrected chi connectivity index (χ3v) is 4.94. The molecule has 0 fully saturated rings. The molecule has 0 unspecified atom stereocenters. The molecule has 1 N–H and O–H groups in total. The lowest BCUT2D eigenvalue weighted by Crippen LogP contribution is -2.18. The van der Waals surface area contributed by atoms with Crippen LogP contribution < -0.4 is 10.2 Å². The van der Waals surface area contributed by atoms with E-state index in [1.807, 2.05) is 0 Å². The molecule has 3 aromatic rings. The fourth-order valence-electron chi connectivity index (χ4n) is 2.86. The molecule has 0 radical (unpaired) electrons. The van der Waals surface area contributed by atoms with Crippen LogP contribution in [-0.4, -0.2) is 22.8 Å². The molecule has 0 aliphatic heterocycles. The number of hydrogen-bond donors (Lipinski definition) is 1. The Morgan fingerprint density at radius 1 is 1.19 bits per heavy atom. The van der Waals surface area contributed by atoms with Crippen LogP contribution in [0.15, 0.2) is 47.4 Å². The van der Waals surface area contributed by atoms with E-state index in [-0.39, 0.29) is 18.4 Å². The number of nitrogens with zero attached hydrogens (tertiary/aromatic N) is 1. The molecule has 2 aromatic carbocycles. The molecule has 0 atom stereocenters. The number of ether oxygens (including phenoxy) is 1. The minimum absolute atomic E-state index is 0.198. The predicted octanol–water partition coefficient (Wildman–Crippen LogP) is 3.99. The van der Waals surface area contributed by atoms with Crippen LogP contribution in [0.3, 0.4) is 0 Å². The highest BCUT2D eigenvalue weighted by atomic mass is 35.5. The second-order valence-corrected chi connectivity index (χ2v) is 6.56. The molecule has 0 spiro atoms. The maximum absolute atomic E-state index is 12.9. The molecule has 5 nitrogen and oxygen atoms in total. The molecule has 1 aromatic heterocycles. The van der Waals surface area contributed by atoms with Crippen molar-refractivity contribution in [1.29, 1.82) is 0 Å². The second-order valence-electron chi connectivity index (χ2n) is 5.78. The lowest BCUT2D eigenvalue weighted by Gasteiger charge is -2.13. The van der Waals surface area contributed by atoms with Gasteiger partial charge in [-0.15, -0.1) is 0 Å². The highest BCUT2D eigenvalue weighted by Crippen LogP contribution is 2.27. The highest BCUT2D eigenvalue weighted by molar-refractivity contribution is 6.42. The lowest BCUT2D eigenvalue weighted by molar-refractivity contribution is -0.137. The van der Waals surface area contributed by atoms with Crippen molar-refractivity contribution in [2.24, 2.45) is 0 Å². The van der Waals surface area contributed by atoms with Crippen LogP contribution in [0.25, 0.3) is 10.9 Å². The van der Waals surface area contributed by atoms with Crippen molar-refractivity contribution >= 4 is 40.1 Å². The lowest BCUT2D eigenvalue weighted by atomic mass is 10.0. The van der Waals surface area contributed by atoms with Crippen molar-refractivity contribution in [2.75, 3.05) is 7.11 Å². The Morgan fingerprint density at radius 3 is 2.65 bits per heavy atom. The molecular formula is C19H15Cl2NO4. The van der Waals surface area contributed by atoms with Gasteiger partial charge in [0.2, 0.25) is 0 Å². The van der Waals surface area contributed by atoms with Crippen LogP contribution >= 0.6 is 23.2 Å². The van der Waals surface area contributed by atoms with Gasteiger partial charge in [-0.1, -0.05) is 35.3 Å². The van der Waals surface area contributed by atoms with Gasteiger partial charge < -0.3 is 14.4 Å². The predicted molar refractivity (Wildman–Crippen MR) is 102 cm³/mol. The van der Waals surface area contributed by atoms with E-state index in [0.29, 0.717) is 37.8 Å². The van der Waals surface area contributed by atoms with Crippen molar-refractivity contribution < 1.29 is 14.6 Å². The first-order valence-corrected chi connectivity index (χ1v) is 8.51. The molecule has 3 rings (SSSR count). The average Bonchev–Trinajstić information content (AvgIpc) is 2.62. The van der Waals surface area contributed by atoms with E-state index in [9.17, 15) is 14.7 Å². The van der Waals surface area contributed by atoms with Crippen molar-refractivity contribution in [3.05, 3.63) is 74.0 Å². The van der Waals surface area contributed by atoms with Gasteiger partial charge in [0.25, 0.3) is 0 Å². The first kappa shape index (κ1) is 18.3. The number of fused-ring (bicyclic) bond motifs is 1. The summed E-state index contributed by atoms with van der Waals surface area (Å²) >= 11 is 12.3. The molecule has 0 aliphatic carbocycles. The summed E-state index contributed by atoms with van der Waals surface area (Å²) in [6, 6.07) is 10.2. The van der Waals surface area contributed by atoms with E-state index in [4.69, 9.17) is 27.9 Å². The quantitative estimate of drug-likeness (QED) is 0.713. The van der Waals surface area contributed by atoms with Crippen molar-refractivity contribution in [3.8, 4) is 5.75 Å². The fourth-order valence-corrected chi connectivity index (χ4v) is 3.24. The third-order valence-electron chi connectivity index (χ3n) is 4.08. The van der Waals surface area contributed by atoms with Gasteiger partial charge in [0.05, 0.1) is 22.7 Å². The van der Waals surface area contributed by atoms with E-state index >= 15 is 0 Å². The van der Waals surface area contributed by atoms with E-state index in [1.165, 1.54) is 11.7 Å². The Hall–Kier alpha value is -2.50. The number of aromatic nitrogens is 1. The van der Waals surface area contributed by atoms with Crippen LogP contribution in [-0.2, 0) is 17.8 Å². The topological polar surface area (TPSA) is 68.5 Å². The molecular weight excluding hydrogens is 377 g/mol. The minimum atomic E-state index is -1.00. The highest BCUT2D eigenvalue weighted by Gasteiger charge is 2.14. The first-order chi connectivity index (χ1) is 12.4. The smallest absolute Gasteiger partial charge is 0.323 e. The minimum Gasteiger partial charge on any atom is -0.497 e. The number of hydrogen-bond acceptors (Lipinski definition) is 3. The standard InChI is InChI=1S/C19H15Cl2NO4/c1-26-13-5-6-16-14(8-13)19(25)12(9-22(16)10-17(23)24)7-11-3-2-4-15(20)18(11)21/h2-6,8-9H,7,10H2,1H3,(H,23,24). The van der Waals surface area contributed by atoms with E-state index in [0.717, 1.165) is 0 Å². The summed E-state index contributed by atoms with van der Waals surface area (Å²) in [6.45, 7) is -0.264. The Balaban J connectivity index is 2.21. The SMILES string of the molecule is COc1ccc2c(c1)c(=O)c(Cc1cccc(Cl)c1Cl)cn2CC(=O)O. The van der Waals surface area contributed by atoms with Gasteiger partial charge in [0.15, 0.2) is 5.43 Å². The molecule has 134 valence electrons. The number of aliphatic carboxylic acids is 1. The summed E-state index contributed by atoms with van der Waals surface area (Å²) in [5, 5.41) is 10.4. The summed E-state index contributed by atoms with van der Waals surface area (Å²) < 4.78 is 6.72. The number of rotatable bonds is 5. The van der Waals surface area contributed by atoms with Crippen molar-refractivity contribution in [3.63, 3.8) is 0 Å². The van der Waals surface area contributed by atoms with Crippen LogP contribution in [0.2, 0.25) is 10.0 Å². The zero-order chi connectivity index (χ0) is 18.8. The number of pyridine rings is 1. The first-order valence-electron chi connectivity index (χ1n) is 7.75. The Morgan fingerprint density at radius 2 is 1.96 bits per heavy atom. The van der Waals surface area contributed by atoms with Crippen LogP contribution in [0.5, 0.6) is 5.75 Å². The van der Waals surface area contributed by atoms with Gasteiger partial charge in [-0.05, 0) is 29.8 Å². The number of halogens is 2. The number of carboxylic acid groups (broad SMARTS) is 1. The van der Waals surface area contributed by atoms with Crippen LogP contribution in [0.4, 0.5) is 0 Å². The van der Waals surface area contributed by atoms with Gasteiger partial charge in [0.1, 0.15) is 12.3 Å². The van der Waals surface area contributed by atoms with Gasteiger partial charge in [-0.2, -0.15) is 0 Å². The summed E-state index contributed by atoms with van der Waals surface area (Å²) in [6.07, 6.45) is 1.80. The number of benzene rings is 2. The molecule has 7 heteroatoms. The largest absolute Gasteiger partial charge is 0.497 e.